The van der Waals surface area contributed by atoms with Gasteiger partial charge in [-0.05, 0) is 52.2 Å². The summed E-state index contributed by atoms with van der Waals surface area (Å²) in [4.78, 5) is 43.6. The number of rotatable bonds is 7. The predicted molar refractivity (Wildman–Crippen MR) is 123 cm³/mol. The first kappa shape index (κ1) is 24.2. The number of ether oxygens (including phenoxy) is 3. The van der Waals surface area contributed by atoms with Gasteiger partial charge in [0.25, 0.3) is 11.8 Å². The number of hydrogen-bond acceptors (Lipinski definition) is 6. The molecule has 2 aromatic rings. The van der Waals surface area contributed by atoms with E-state index in [1.54, 1.807) is 44.7 Å². The number of anilines is 1. The van der Waals surface area contributed by atoms with E-state index in [2.05, 4.69) is 10.3 Å². The number of hydrogen-bond donors (Lipinski definition) is 2. The third kappa shape index (κ3) is 4.97. The average molecular weight is 458 g/mol. The van der Waals surface area contributed by atoms with Crippen LogP contribution < -0.4 is 14.8 Å². The monoisotopic (exact) mass is 457 g/mol. The maximum absolute atomic E-state index is 13.2. The van der Waals surface area contributed by atoms with Crippen molar-refractivity contribution in [3.05, 3.63) is 40.2 Å². The normalized spacial score (nSPS) is 13.2. The Labute approximate surface area is 193 Å². The van der Waals surface area contributed by atoms with Crippen molar-refractivity contribution in [2.75, 3.05) is 32.6 Å². The third-order valence-electron chi connectivity index (χ3n) is 5.61. The lowest BCUT2D eigenvalue weighted by atomic mass is 10.1. The lowest BCUT2D eigenvalue weighted by molar-refractivity contribution is 0.0376. The fourth-order valence-electron chi connectivity index (χ4n) is 3.99. The molecule has 1 aliphatic heterocycles. The van der Waals surface area contributed by atoms with Crippen LogP contribution in [0.15, 0.2) is 12.1 Å². The molecule has 1 fully saturated rings. The molecular formula is C24H31N3O6. The zero-order valence-electron chi connectivity index (χ0n) is 20.0. The van der Waals surface area contributed by atoms with Crippen molar-refractivity contribution in [2.24, 2.45) is 0 Å². The van der Waals surface area contributed by atoms with Crippen LogP contribution in [0.4, 0.5) is 5.69 Å². The Morgan fingerprint density at radius 3 is 2.21 bits per heavy atom. The Balaban J connectivity index is 1.98. The maximum atomic E-state index is 13.2. The summed E-state index contributed by atoms with van der Waals surface area (Å²) in [7, 11) is 2.97. The number of amides is 2. The molecule has 0 unspecified atom stereocenters. The van der Waals surface area contributed by atoms with Gasteiger partial charge in [0.2, 0.25) is 0 Å². The second-order valence-electron chi connectivity index (χ2n) is 8.29. The molecule has 2 amide bonds. The van der Waals surface area contributed by atoms with Crippen LogP contribution in [0.3, 0.4) is 0 Å². The number of aromatic nitrogens is 1. The number of H-pyrrole nitrogens is 1. The molecular weight excluding hydrogens is 426 g/mol. The van der Waals surface area contributed by atoms with Crippen molar-refractivity contribution in [1.82, 2.24) is 9.88 Å². The van der Waals surface area contributed by atoms with Crippen LogP contribution >= 0.6 is 0 Å². The van der Waals surface area contributed by atoms with E-state index < -0.39 is 11.9 Å². The number of carbonyl (C=O) groups is 3. The molecule has 2 heterocycles. The Bertz CT molecular complexity index is 1070. The minimum Gasteiger partial charge on any atom is -0.493 e. The molecule has 0 aliphatic carbocycles. The minimum atomic E-state index is -0.494. The number of aromatic amines is 1. The van der Waals surface area contributed by atoms with Gasteiger partial charge in [0.05, 0.1) is 37.1 Å². The van der Waals surface area contributed by atoms with E-state index in [4.69, 9.17) is 14.2 Å². The molecule has 0 radical (unpaired) electrons. The van der Waals surface area contributed by atoms with Crippen molar-refractivity contribution in [3.8, 4) is 11.5 Å². The van der Waals surface area contributed by atoms with E-state index in [1.807, 2.05) is 0 Å². The van der Waals surface area contributed by atoms with Crippen molar-refractivity contribution in [1.29, 1.82) is 0 Å². The van der Waals surface area contributed by atoms with Gasteiger partial charge in [0.15, 0.2) is 11.5 Å². The summed E-state index contributed by atoms with van der Waals surface area (Å²) in [5.74, 6) is -0.396. The second kappa shape index (κ2) is 9.97. The summed E-state index contributed by atoms with van der Waals surface area (Å²) in [5, 5.41) is 2.81. The first-order valence-electron chi connectivity index (χ1n) is 10.9. The molecule has 0 atom stereocenters. The fraction of sp³-hybridized carbons (Fsp3) is 0.458. The minimum absolute atomic E-state index is 0.190. The average Bonchev–Trinajstić information content (AvgIpc) is 3.40. The van der Waals surface area contributed by atoms with Crippen LogP contribution in [-0.2, 0) is 4.74 Å². The highest BCUT2D eigenvalue weighted by atomic mass is 16.5. The number of nitrogens with one attached hydrogen (secondary N) is 2. The number of carbonyl (C=O) groups excluding carboxylic acids is 3. The summed E-state index contributed by atoms with van der Waals surface area (Å²) < 4.78 is 16.0. The first-order valence-corrected chi connectivity index (χ1v) is 10.9. The van der Waals surface area contributed by atoms with Gasteiger partial charge in [-0.25, -0.2) is 4.79 Å². The second-order valence-corrected chi connectivity index (χ2v) is 8.29. The molecule has 1 aromatic heterocycles. The number of nitrogens with zero attached hydrogens (tertiary/aromatic N) is 1. The van der Waals surface area contributed by atoms with Crippen LogP contribution in [-0.4, -0.2) is 61.1 Å². The molecule has 1 saturated heterocycles. The molecule has 0 spiro atoms. The van der Waals surface area contributed by atoms with Gasteiger partial charge >= 0.3 is 5.97 Å². The van der Waals surface area contributed by atoms with Gasteiger partial charge in [-0.3, -0.25) is 9.59 Å². The molecule has 1 aliphatic rings. The van der Waals surface area contributed by atoms with Gasteiger partial charge in [0, 0.05) is 24.8 Å². The standard InChI is InChI=1S/C24H31N3O6/c1-13(2)33-24(30)20-14(3)21(25-15(20)4)22(28)26-17-12-19(32-6)18(31-5)11-16(17)23(29)27-9-7-8-10-27/h11-13,25H,7-10H2,1-6H3,(H,26,28). The van der Waals surface area contributed by atoms with Crippen LogP contribution in [0, 0.1) is 13.8 Å². The highest BCUT2D eigenvalue weighted by molar-refractivity contribution is 6.10. The van der Waals surface area contributed by atoms with Gasteiger partial charge in [-0.1, -0.05) is 0 Å². The van der Waals surface area contributed by atoms with Crippen LogP contribution in [0.25, 0.3) is 0 Å². The number of likely N-dealkylation sites (tertiary alicyclic amines) is 1. The van der Waals surface area contributed by atoms with Crippen LogP contribution in [0.2, 0.25) is 0 Å². The number of methoxy groups -OCH3 is 2. The lowest BCUT2D eigenvalue weighted by Gasteiger charge is -2.20. The fourth-order valence-corrected chi connectivity index (χ4v) is 3.99. The number of aryl methyl sites for hydroxylation is 1. The van der Waals surface area contributed by atoms with Crippen molar-refractivity contribution < 1.29 is 28.6 Å². The third-order valence-corrected chi connectivity index (χ3v) is 5.61. The molecule has 0 saturated carbocycles. The van der Waals surface area contributed by atoms with E-state index in [-0.39, 0.29) is 17.7 Å². The summed E-state index contributed by atoms with van der Waals surface area (Å²) in [6.45, 7) is 8.24. The van der Waals surface area contributed by atoms with Crippen molar-refractivity contribution in [3.63, 3.8) is 0 Å². The summed E-state index contributed by atoms with van der Waals surface area (Å²) >= 11 is 0. The SMILES string of the molecule is COc1cc(NC(=O)c2[nH]c(C)c(C(=O)OC(C)C)c2C)c(C(=O)N2CCCC2)cc1OC. The quantitative estimate of drug-likeness (QED) is 0.614. The molecule has 0 bridgehead atoms. The maximum Gasteiger partial charge on any atom is 0.340 e. The topological polar surface area (TPSA) is 110 Å². The smallest absolute Gasteiger partial charge is 0.340 e. The lowest BCUT2D eigenvalue weighted by Crippen LogP contribution is -2.29. The predicted octanol–water partition coefficient (Wildman–Crippen LogP) is 3.70. The molecule has 9 nitrogen and oxygen atoms in total. The molecule has 1 aromatic carbocycles. The molecule has 2 N–H and O–H groups in total. The van der Waals surface area contributed by atoms with Crippen molar-refractivity contribution >= 4 is 23.5 Å². The van der Waals surface area contributed by atoms with Gasteiger partial charge in [-0.2, -0.15) is 0 Å². The highest BCUT2D eigenvalue weighted by Gasteiger charge is 2.27. The molecule has 33 heavy (non-hydrogen) atoms. The van der Waals surface area contributed by atoms with Crippen LogP contribution in [0.1, 0.15) is 69.2 Å². The number of benzene rings is 1. The Morgan fingerprint density at radius 2 is 1.64 bits per heavy atom. The van der Waals surface area contributed by atoms with Gasteiger partial charge < -0.3 is 29.4 Å². The first-order chi connectivity index (χ1) is 15.7. The van der Waals surface area contributed by atoms with E-state index in [1.165, 1.54) is 14.2 Å². The Hall–Kier alpha value is -3.49. The van der Waals surface area contributed by atoms with Crippen LogP contribution in [0.5, 0.6) is 11.5 Å². The van der Waals surface area contributed by atoms with E-state index in [9.17, 15) is 14.4 Å². The van der Waals surface area contributed by atoms with Crippen molar-refractivity contribution in [2.45, 2.75) is 46.6 Å². The summed E-state index contributed by atoms with van der Waals surface area (Å²) in [6, 6.07) is 3.15. The largest absolute Gasteiger partial charge is 0.493 e. The van der Waals surface area contributed by atoms with E-state index >= 15 is 0 Å². The van der Waals surface area contributed by atoms with E-state index in [0.29, 0.717) is 52.7 Å². The summed E-state index contributed by atoms with van der Waals surface area (Å²) in [6.07, 6.45) is 1.60. The zero-order valence-corrected chi connectivity index (χ0v) is 20.0. The Morgan fingerprint density at radius 1 is 1.03 bits per heavy atom. The van der Waals surface area contributed by atoms with Gasteiger partial charge in [0.1, 0.15) is 5.69 Å². The highest BCUT2D eigenvalue weighted by Crippen LogP contribution is 2.35. The molecule has 9 heteroatoms. The zero-order chi connectivity index (χ0) is 24.3. The molecule has 3 rings (SSSR count). The summed E-state index contributed by atoms with van der Waals surface area (Å²) in [5.41, 5.74) is 2.16. The molecule has 178 valence electrons. The Kier molecular flexibility index (Phi) is 7.30. The van der Waals surface area contributed by atoms with E-state index in [0.717, 1.165) is 12.8 Å². The number of esters is 1. The van der Waals surface area contributed by atoms with Gasteiger partial charge in [-0.15, -0.1) is 0 Å².